The van der Waals surface area contributed by atoms with E-state index < -0.39 is 0 Å². The largest absolute Gasteiger partial charge is 0.376 e. The van der Waals surface area contributed by atoms with Crippen molar-refractivity contribution in [1.82, 2.24) is 0 Å². The number of unbranched alkanes of at least 4 members (excludes halogenated alkanes) is 12. The summed E-state index contributed by atoms with van der Waals surface area (Å²) in [7, 11) is 0. The molecule has 0 amide bonds. The smallest absolute Gasteiger partial charge is 0.0598 e. The van der Waals surface area contributed by atoms with Gasteiger partial charge in [-0.2, -0.15) is 0 Å². The van der Waals surface area contributed by atoms with Crippen LogP contribution >= 0.6 is 0 Å². The maximum Gasteiger partial charge on any atom is 0.0598 e. The summed E-state index contributed by atoms with van der Waals surface area (Å²) in [6.45, 7) is 9.60. The van der Waals surface area contributed by atoms with Crippen LogP contribution in [0.25, 0.3) is 0 Å². The van der Waals surface area contributed by atoms with E-state index in [9.17, 15) is 0 Å². The lowest BCUT2D eigenvalue weighted by atomic mass is 10.1. The molecule has 0 atom stereocenters. The second-order valence-electron chi connectivity index (χ2n) is 7.90. The van der Waals surface area contributed by atoms with Gasteiger partial charge in [0.25, 0.3) is 0 Å². The van der Waals surface area contributed by atoms with Gasteiger partial charge in [0.05, 0.1) is 5.60 Å². The van der Waals surface area contributed by atoms with Gasteiger partial charge in [0.2, 0.25) is 0 Å². The topological polar surface area (TPSA) is 9.23 Å². The molecule has 0 saturated heterocycles. The third-order valence-corrected chi connectivity index (χ3v) is 4.19. The number of ether oxygens (including phenoxy) is 1. The molecule has 138 valence electrons. The average molecular weight is 325 g/mol. The van der Waals surface area contributed by atoms with Gasteiger partial charge in [0.1, 0.15) is 0 Å². The molecule has 0 fully saturated rings. The average Bonchev–Trinajstić information content (AvgIpc) is 2.49. The standard InChI is InChI=1S/C22H44O/c1-5-6-7-8-9-10-11-12-13-14-15-16-17-18-19-20-21-23-22(2,3)4/h12-13H,5-11,14-21H2,1-4H3/b13-12-. The molecule has 0 aliphatic rings. The highest BCUT2D eigenvalue weighted by Crippen LogP contribution is 2.11. The number of allylic oxidation sites excluding steroid dienone is 2. The molecule has 1 heteroatoms. The zero-order valence-electron chi connectivity index (χ0n) is 16.7. The van der Waals surface area contributed by atoms with Gasteiger partial charge in [-0.05, 0) is 52.9 Å². The van der Waals surface area contributed by atoms with Crippen molar-refractivity contribution in [3.63, 3.8) is 0 Å². The van der Waals surface area contributed by atoms with E-state index in [1.54, 1.807) is 0 Å². The Balaban J connectivity index is 3.11. The van der Waals surface area contributed by atoms with E-state index in [0.29, 0.717) is 0 Å². The molecule has 0 saturated carbocycles. The first-order valence-corrected chi connectivity index (χ1v) is 10.3. The van der Waals surface area contributed by atoms with Crippen LogP contribution in [0.4, 0.5) is 0 Å². The quantitative estimate of drug-likeness (QED) is 0.207. The van der Waals surface area contributed by atoms with Crippen molar-refractivity contribution < 1.29 is 4.74 Å². The summed E-state index contributed by atoms with van der Waals surface area (Å²) in [5.41, 5.74) is 0.0296. The fourth-order valence-electron chi connectivity index (χ4n) is 2.73. The molecular weight excluding hydrogens is 280 g/mol. The van der Waals surface area contributed by atoms with Crippen LogP contribution < -0.4 is 0 Å². The zero-order valence-corrected chi connectivity index (χ0v) is 16.7. The molecule has 0 radical (unpaired) electrons. The SMILES string of the molecule is CCCCCCCC/C=C\CCCCCCCCOC(C)(C)C. The molecule has 0 aromatic carbocycles. The summed E-state index contributed by atoms with van der Waals surface area (Å²) < 4.78 is 5.74. The Morgan fingerprint density at radius 2 is 1.04 bits per heavy atom. The first-order chi connectivity index (χ1) is 11.1. The molecule has 0 N–H and O–H groups in total. The Morgan fingerprint density at radius 1 is 0.609 bits per heavy atom. The predicted molar refractivity (Wildman–Crippen MR) is 105 cm³/mol. The van der Waals surface area contributed by atoms with Crippen molar-refractivity contribution in [2.45, 2.75) is 123 Å². The lowest BCUT2D eigenvalue weighted by molar-refractivity contribution is -0.00474. The number of rotatable bonds is 16. The Kier molecular flexibility index (Phi) is 16.3. The number of hydrogen-bond acceptors (Lipinski definition) is 1. The minimum Gasteiger partial charge on any atom is -0.376 e. The van der Waals surface area contributed by atoms with Gasteiger partial charge >= 0.3 is 0 Å². The molecule has 0 aliphatic heterocycles. The Morgan fingerprint density at radius 3 is 1.52 bits per heavy atom. The Bertz CT molecular complexity index is 249. The summed E-state index contributed by atoms with van der Waals surface area (Å²) in [6.07, 6.45) is 23.9. The second-order valence-corrected chi connectivity index (χ2v) is 7.90. The molecule has 0 rings (SSSR count). The highest BCUT2D eigenvalue weighted by molar-refractivity contribution is 4.81. The minimum absolute atomic E-state index is 0.0296. The summed E-state index contributed by atoms with van der Waals surface area (Å²) in [5.74, 6) is 0. The van der Waals surface area contributed by atoms with Crippen LogP contribution in [-0.2, 0) is 4.74 Å². The summed E-state index contributed by atoms with van der Waals surface area (Å²) >= 11 is 0. The van der Waals surface area contributed by atoms with Gasteiger partial charge in [0, 0.05) is 6.61 Å². The van der Waals surface area contributed by atoms with Gasteiger partial charge in [-0.25, -0.2) is 0 Å². The van der Waals surface area contributed by atoms with Crippen LogP contribution in [0.5, 0.6) is 0 Å². The van der Waals surface area contributed by atoms with Gasteiger partial charge in [-0.3, -0.25) is 0 Å². The maximum absolute atomic E-state index is 5.74. The molecule has 0 heterocycles. The normalized spacial score (nSPS) is 12.3. The lowest BCUT2D eigenvalue weighted by Gasteiger charge is -2.19. The van der Waals surface area contributed by atoms with E-state index in [0.717, 1.165) is 6.61 Å². The molecule has 0 aromatic rings. The Labute approximate surface area is 147 Å². The zero-order chi connectivity index (χ0) is 17.2. The van der Waals surface area contributed by atoms with Crippen molar-refractivity contribution in [3.8, 4) is 0 Å². The Hall–Kier alpha value is -0.300. The summed E-state index contributed by atoms with van der Waals surface area (Å²) in [4.78, 5) is 0. The third-order valence-electron chi connectivity index (χ3n) is 4.19. The van der Waals surface area contributed by atoms with Crippen LogP contribution in [0.1, 0.15) is 118 Å². The van der Waals surface area contributed by atoms with E-state index in [4.69, 9.17) is 4.74 Å². The first kappa shape index (κ1) is 22.7. The highest BCUT2D eigenvalue weighted by atomic mass is 16.5. The van der Waals surface area contributed by atoms with Gasteiger partial charge in [-0.15, -0.1) is 0 Å². The third kappa shape index (κ3) is 21.7. The fraction of sp³-hybridized carbons (Fsp3) is 0.909. The van der Waals surface area contributed by atoms with E-state index in [1.165, 1.54) is 89.9 Å². The van der Waals surface area contributed by atoms with E-state index in [1.807, 2.05) is 0 Å². The molecule has 1 nitrogen and oxygen atoms in total. The molecule has 0 bridgehead atoms. The van der Waals surface area contributed by atoms with Crippen LogP contribution in [-0.4, -0.2) is 12.2 Å². The van der Waals surface area contributed by atoms with E-state index >= 15 is 0 Å². The van der Waals surface area contributed by atoms with Crippen molar-refractivity contribution >= 4 is 0 Å². The van der Waals surface area contributed by atoms with Crippen molar-refractivity contribution in [2.24, 2.45) is 0 Å². The monoisotopic (exact) mass is 324 g/mol. The van der Waals surface area contributed by atoms with Gasteiger partial charge in [0.15, 0.2) is 0 Å². The van der Waals surface area contributed by atoms with E-state index in [-0.39, 0.29) is 5.60 Å². The van der Waals surface area contributed by atoms with Crippen LogP contribution in [0, 0.1) is 0 Å². The molecular formula is C22H44O. The predicted octanol–water partition coefficient (Wildman–Crippen LogP) is 7.84. The molecule has 0 aliphatic carbocycles. The van der Waals surface area contributed by atoms with Gasteiger partial charge in [-0.1, -0.05) is 76.9 Å². The van der Waals surface area contributed by atoms with Crippen molar-refractivity contribution in [1.29, 1.82) is 0 Å². The van der Waals surface area contributed by atoms with E-state index in [2.05, 4.69) is 39.8 Å². The minimum atomic E-state index is 0.0296. The first-order valence-electron chi connectivity index (χ1n) is 10.3. The molecule has 23 heavy (non-hydrogen) atoms. The van der Waals surface area contributed by atoms with Crippen molar-refractivity contribution in [3.05, 3.63) is 12.2 Å². The van der Waals surface area contributed by atoms with Crippen LogP contribution in [0.3, 0.4) is 0 Å². The van der Waals surface area contributed by atoms with Crippen molar-refractivity contribution in [2.75, 3.05) is 6.61 Å². The fourth-order valence-corrected chi connectivity index (χ4v) is 2.73. The van der Waals surface area contributed by atoms with Crippen LogP contribution in [0.2, 0.25) is 0 Å². The molecule has 0 aromatic heterocycles. The molecule has 0 unspecified atom stereocenters. The molecule has 0 spiro atoms. The summed E-state index contributed by atoms with van der Waals surface area (Å²) in [5, 5.41) is 0. The lowest BCUT2D eigenvalue weighted by Crippen LogP contribution is -2.19. The number of hydrogen-bond donors (Lipinski definition) is 0. The maximum atomic E-state index is 5.74. The second kappa shape index (κ2) is 16.6. The summed E-state index contributed by atoms with van der Waals surface area (Å²) in [6, 6.07) is 0. The van der Waals surface area contributed by atoms with Gasteiger partial charge < -0.3 is 4.74 Å². The highest BCUT2D eigenvalue weighted by Gasteiger charge is 2.08. The van der Waals surface area contributed by atoms with Crippen LogP contribution in [0.15, 0.2) is 12.2 Å².